The number of rotatable bonds is 3. The maximum absolute atomic E-state index is 9.78. The van der Waals surface area contributed by atoms with Crippen molar-refractivity contribution in [2.24, 2.45) is 0 Å². The van der Waals surface area contributed by atoms with E-state index in [9.17, 15) is 9.59 Å². The number of hydrogen-bond acceptors (Lipinski definition) is 2. The summed E-state index contributed by atoms with van der Waals surface area (Å²) in [6.45, 7) is 0. The molecule has 0 bridgehead atoms. The van der Waals surface area contributed by atoms with Gasteiger partial charge in [-0.05, 0) is 0 Å². The molecule has 8 heavy (non-hydrogen) atoms. The molecule has 0 saturated heterocycles. The van der Waals surface area contributed by atoms with E-state index in [1.807, 2.05) is 0 Å². The number of hydrogen-bond donors (Lipinski definition) is 0. The minimum Gasteiger partial charge on any atom is -0.273 e. The zero-order valence-corrected chi connectivity index (χ0v) is 4.23. The first kappa shape index (κ1) is 6.94. The number of nitrogens with one attached hydrogen (secondary N) is 2. The van der Waals surface area contributed by atoms with Gasteiger partial charge < -0.3 is 0 Å². The SMILES string of the molecule is [NH]C(=O)CCC([NH])=O. The molecule has 4 nitrogen and oxygen atoms in total. The molecule has 0 atom stereocenters. The van der Waals surface area contributed by atoms with Gasteiger partial charge in [-0.2, -0.15) is 0 Å². The second-order valence-corrected chi connectivity index (χ2v) is 1.35. The van der Waals surface area contributed by atoms with Gasteiger partial charge in [0, 0.05) is 12.8 Å². The highest BCUT2D eigenvalue weighted by Crippen LogP contribution is 1.84. The third-order valence-corrected chi connectivity index (χ3v) is 0.579. The Balaban J connectivity index is 3.18. The van der Waals surface area contributed by atoms with E-state index in [-0.39, 0.29) is 12.8 Å². The van der Waals surface area contributed by atoms with Gasteiger partial charge >= 0.3 is 0 Å². The van der Waals surface area contributed by atoms with E-state index in [4.69, 9.17) is 11.5 Å². The van der Waals surface area contributed by atoms with Gasteiger partial charge in [0.25, 0.3) is 0 Å². The van der Waals surface area contributed by atoms with E-state index in [0.29, 0.717) is 0 Å². The van der Waals surface area contributed by atoms with E-state index in [1.165, 1.54) is 0 Å². The first-order chi connectivity index (χ1) is 3.63. The topological polar surface area (TPSA) is 81.7 Å². The number of carbonyl (C=O) groups is 2. The predicted octanol–water partition coefficient (Wildman–Crippen LogP) is -0.614. The molecule has 0 fully saturated rings. The first-order valence-electron chi connectivity index (χ1n) is 2.12. The van der Waals surface area contributed by atoms with E-state index in [0.717, 1.165) is 0 Å². The smallest absolute Gasteiger partial charge is 0.238 e. The van der Waals surface area contributed by atoms with Gasteiger partial charge in [-0.15, -0.1) is 0 Å². The summed E-state index contributed by atoms with van der Waals surface area (Å²) < 4.78 is 0. The Hall–Kier alpha value is -1.06. The number of carbonyl (C=O) groups excluding carboxylic acids is 2. The van der Waals surface area contributed by atoms with Gasteiger partial charge in [0.1, 0.15) is 0 Å². The van der Waals surface area contributed by atoms with E-state index < -0.39 is 11.8 Å². The highest BCUT2D eigenvalue weighted by Gasteiger charge is 1.98. The van der Waals surface area contributed by atoms with Crippen LogP contribution in [0.15, 0.2) is 0 Å². The van der Waals surface area contributed by atoms with Gasteiger partial charge in [0.05, 0.1) is 0 Å². The first-order valence-corrected chi connectivity index (χ1v) is 2.12. The Morgan fingerprint density at radius 1 is 1.00 bits per heavy atom. The van der Waals surface area contributed by atoms with Crippen LogP contribution >= 0.6 is 0 Å². The molecular formula is C4H6N2O2. The fraction of sp³-hybridized carbons (Fsp3) is 0.500. The summed E-state index contributed by atoms with van der Waals surface area (Å²) in [5.74, 6) is -1.57. The van der Waals surface area contributed by atoms with Gasteiger partial charge in [-0.3, -0.25) is 21.1 Å². The maximum atomic E-state index is 9.78. The third kappa shape index (κ3) is 4.94. The van der Waals surface area contributed by atoms with Crippen molar-refractivity contribution < 1.29 is 9.59 Å². The predicted molar refractivity (Wildman–Crippen MR) is 25.4 cm³/mol. The van der Waals surface area contributed by atoms with Crippen molar-refractivity contribution in [1.82, 2.24) is 11.5 Å². The van der Waals surface area contributed by atoms with Crippen molar-refractivity contribution in [3.63, 3.8) is 0 Å². The molecule has 2 N–H and O–H groups in total. The van der Waals surface area contributed by atoms with Crippen LogP contribution in [0.1, 0.15) is 12.8 Å². The molecule has 0 aromatic heterocycles. The van der Waals surface area contributed by atoms with Crippen molar-refractivity contribution in [3.8, 4) is 0 Å². The summed E-state index contributed by atoms with van der Waals surface area (Å²) in [4.78, 5) is 19.6. The van der Waals surface area contributed by atoms with Crippen molar-refractivity contribution in [2.75, 3.05) is 0 Å². The normalized spacial score (nSPS) is 8.50. The Morgan fingerprint density at radius 2 is 1.25 bits per heavy atom. The van der Waals surface area contributed by atoms with E-state index in [1.54, 1.807) is 0 Å². The Labute approximate surface area is 46.8 Å². The maximum Gasteiger partial charge on any atom is 0.238 e. The van der Waals surface area contributed by atoms with Crippen LogP contribution in [-0.4, -0.2) is 11.8 Å². The van der Waals surface area contributed by atoms with E-state index in [2.05, 4.69) is 0 Å². The monoisotopic (exact) mass is 114 g/mol. The Kier molecular flexibility index (Phi) is 2.61. The van der Waals surface area contributed by atoms with Crippen LogP contribution in [0.4, 0.5) is 0 Å². The van der Waals surface area contributed by atoms with Crippen molar-refractivity contribution >= 4 is 11.8 Å². The standard InChI is InChI=1S/C4H6N2O2/c5-3(7)1-2-4(6)8/h5-6H,1-2H2. The van der Waals surface area contributed by atoms with Crippen LogP contribution in [0.3, 0.4) is 0 Å². The summed E-state index contributed by atoms with van der Waals surface area (Å²) in [5, 5.41) is 0. The lowest BCUT2D eigenvalue weighted by molar-refractivity contribution is -0.123. The average Bonchev–Trinajstić information content (AvgIpc) is 1.61. The molecule has 4 heteroatoms. The summed E-state index contributed by atoms with van der Waals surface area (Å²) >= 11 is 0. The Bertz CT molecular complexity index is 96.6. The molecule has 0 saturated carbocycles. The Morgan fingerprint density at radius 3 is 1.38 bits per heavy atom. The lowest BCUT2D eigenvalue weighted by Gasteiger charge is -1.84. The lowest BCUT2D eigenvalue weighted by atomic mass is 10.3. The van der Waals surface area contributed by atoms with Gasteiger partial charge in [0.2, 0.25) is 11.8 Å². The van der Waals surface area contributed by atoms with Crippen LogP contribution in [0, 0.1) is 0 Å². The zero-order valence-electron chi connectivity index (χ0n) is 4.23. The molecule has 0 aromatic rings. The van der Waals surface area contributed by atoms with Crippen LogP contribution in [0.2, 0.25) is 0 Å². The summed E-state index contributed by atoms with van der Waals surface area (Å²) in [6, 6.07) is 0. The molecule has 0 aliphatic rings. The van der Waals surface area contributed by atoms with Gasteiger partial charge in [0.15, 0.2) is 0 Å². The second kappa shape index (κ2) is 3.01. The van der Waals surface area contributed by atoms with Crippen LogP contribution in [-0.2, 0) is 9.59 Å². The minimum atomic E-state index is -0.786. The molecule has 0 aliphatic carbocycles. The number of amides is 2. The minimum absolute atomic E-state index is 0.123. The molecule has 0 aliphatic heterocycles. The molecule has 0 aromatic carbocycles. The third-order valence-electron chi connectivity index (χ3n) is 0.579. The van der Waals surface area contributed by atoms with Crippen molar-refractivity contribution in [1.29, 1.82) is 0 Å². The van der Waals surface area contributed by atoms with Crippen molar-refractivity contribution in [2.45, 2.75) is 12.8 Å². The van der Waals surface area contributed by atoms with Gasteiger partial charge in [-0.25, -0.2) is 0 Å². The van der Waals surface area contributed by atoms with Gasteiger partial charge in [-0.1, -0.05) is 0 Å². The highest BCUT2D eigenvalue weighted by molar-refractivity contribution is 5.80. The fourth-order valence-electron chi connectivity index (χ4n) is 0.227. The summed E-state index contributed by atoms with van der Waals surface area (Å²) in [6.07, 6.45) is -0.245. The quantitative estimate of drug-likeness (QED) is 0.490. The molecule has 2 amide bonds. The summed E-state index contributed by atoms with van der Waals surface area (Å²) in [5.41, 5.74) is 12.6. The lowest BCUT2D eigenvalue weighted by Crippen LogP contribution is -2.03. The van der Waals surface area contributed by atoms with Crippen LogP contribution in [0.5, 0.6) is 0 Å². The largest absolute Gasteiger partial charge is 0.273 e. The molecule has 2 radical (unpaired) electrons. The molecule has 0 heterocycles. The highest BCUT2D eigenvalue weighted by atomic mass is 16.2. The molecule has 0 spiro atoms. The summed E-state index contributed by atoms with van der Waals surface area (Å²) in [7, 11) is 0. The molecule has 0 rings (SSSR count). The fourth-order valence-corrected chi connectivity index (χ4v) is 0.227. The molecular weight excluding hydrogens is 108 g/mol. The van der Waals surface area contributed by atoms with Crippen molar-refractivity contribution in [3.05, 3.63) is 0 Å². The van der Waals surface area contributed by atoms with E-state index >= 15 is 0 Å². The molecule has 0 unspecified atom stereocenters. The second-order valence-electron chi connectivity index (χ2n) is 1.35. The van der Waals surface area contributed by atoms with Crippen LogP contribution < -0.4 is 11.5 Å². The zero-order chi connectivity index (χ0) is 6.57. The van der Waals surface area contributed by atoms with Crippen LogP contribution in [0.25, 0.3) is 0 Å². The molecule has 44 valence electrons. The average molecular weight is 114 g/mol.